The van der Waals surface area contributed by atoms with Crippen molar-refractivity contribution in [1.29, 1.82) is 0 Å². The van der Waals surface area contributed by atoms with Crippen LogP contribution < -0.4 is 0 Å². The zero-order valence-electron chi connectivity index (χ0n) is 11.6. The highest BCUT2D eigenvalue weighted by molar-refractivity contribution is 7.10. The van der Waals surface area contributed by atoms with Gasteiger partial charge in [-0.25, -0.2) is 0 Å². The largest absolute Gasteiger partial charge is 0.304 e. The standard InChI is InChI=1S/C16H25NS/c1-3-17(4-2)12-11-15(14-8-5-6-9-14)16-10-7-13-18-16/h5,7-8,10,13-15H,3-4,6,9,11-12H2,1-2H3/t14-,15-/m1/s1. The molecule has 0 bridgehead atoms. The van der Waals surface area contributed by atoms with Gasteiger partial charge in [-0.15, -0.1) is 11.3 Å². The Morgan fingerprint density at radius 1 is 1.39 bits per heavy atom. The summed E-state index contributed by atoms with van der Waals surface area (Å²) in [5.74, 6) is 1.52. The molecule has 1 heterocycles. The summed E-state index contributed by atoms with van der Waals surface area (Å²) in [4.78, 5) is 4.12. The highest BCUT2D eigenvalue weighted by atomic mass is 32.1. The monoisotopic (exact) mass is 263 g/mol. The van der Waals surface area contributed by atoms with Crippen molar-refractivity contribution < 1.29 is 0 Å². The molecule has 100 valence electrons. The molecule has 0 radical (unpaired) electrons. The van der Waals surface area contributed by atoms with Gasteiger partial charge >= 0.3 is 0 Å². The number of rotatable bonds is 7. The zero-order chi connectivity index (χ0) is 12.8. The zero-order valence-corrected chi connectivity index (χ0v) is 12.5. The summed E-state index contributed by atoms with van der Waals surface area (Å²) in [6, 6.07) is 4.52. The van der Waals surface area contributed by atoms with Gasteiger partial charge in [-0.1, -0.05) is 32.1 Å². The van der Waals surface area contributed by atoms with Crippen LogP contribution in [-0.4, -0.2) is 24.5 Å². The number of thiophene rings is 1. The second-order valence-electron chi connectivity index (χ2n) is 5.11. The second-order valence-corrected chi connectivity index (χ2v) is 6.09. The number of hydrogen-bond acceptors (Lipinski definition) is 2. The van der Waals surface area contributed by atoms with Crippen molar-refractivity contribution in [2.24, 2.45) is 5.92 Å². The number of nitrogens with zero attached hydrogens (tertiary/aromatic N) is 1. The van der Waals surface area contributed by atoms with E-state index in [1.54, 1.807) is 4.88 Å². The van der Waals surface area contributed by atoms with Gasteiger partial charge in [-0.2, -0.15) is 0 Å². The molecular formula is C16H25NS. The van der Waals surface area contributed by atoms with E-state index in [1.165, 1.54) is 38.9 Å². The predicted octanol–water partition coefficient (Wildman–Crippen LogP) is 4.53. The molecule has 0 aliphatic heterocycles. The van der Waals surface area contributed by atoms with Gasteiger partial charge in [0.1, 0.15) is 0 Å². The van der Waals surface area contributed by atoms with Crippen LogP contribution in [0.5, 0.6) is 0 Å². The van der Waals surface area contributed by atoms with Crippen molar-refractivity contribution in [3.8, 4) is 0 Å². The molecule has 0 amide bonds. The third-order valence-electron chi connectivity index (χ3n) is 4.13. The SMILES string of the molecule is CCN(CC)CC[C@@H](c1cccs1)[C@@H]1C=CCC1. The molecule has 0 spiro atoms. The van der Waals surface area contributed by atoms with E-state index in [0.29, 0.717) is 0 Å². The summed E-state index contributed by atoms with van der Waals surface area (Å²) >= 11 is 1.93. The van der Waals surface area contributed by atoms with E-state index in [4.69, 9.17) is 0 Å². The van der Waals surface area contributed by atoms with E-state index < -0.39 is 0 Å². The van der Waals surface area contributed by atoms with Crippen molar-refractivity contribution in [1.82, 2.24) is 4.90 Å². The van der Waals surface area contributed by atoms with Crippen LogP contribution in [0.25, 0.3) is 0 Å². The third-order valence-corrected chi connectivity index (χ3v) is 5.13. The molecule has 0 unspecified atom stereocenters. The minimum absolute atomic E-state index is 0.740. The first-order valence-electron chi connectivity index (χ1n) is 7.27. The Labute approximate surface area is 116 Å². The lowest BCUT2D eigenvalue weighted by molar-refractivity contribution is 0.280. The lowest BCUT2D eigenvalue weighted by Crippen LogP contribution is -2.26. The quantitative estimate of drug-likeness (QED) is 0.653. The fourth-order valence-electron chi connectivity index (χ4n) is 2.92. The summed E-state index contributed by atoms with van der Waals surface area (Å²) < 4.78 is 0. The number of hydrogen-bond donors (Lipinski definition) is 0. The minimum Gasteiger partial charge on any atom is -0.304 e. The van der Waals surface area contributed by atoms with Crippen molar-refractivity contribution in [3.63, 3.8) is 0 Å². The predicted molar refractivity (Wildman–Crippen MR) is 81.3 cm³/mol. The van der Waals surface area contributed by atoms with E-state index in [2.05, 4.69) is 48.4 Å². The van der Waals surface area contributed by atoms with Gasteiger partial charge < -0.3 is 4.90 Å². The molecular weight excluding hydrogens is 238 g/mol. The van der Waals surface area contributed by atoms with Gasteiger partial charge in [0.2, 0.25) is 0 Å². The first-order valence-corrected chi connectivity index (χ1v) is 8.15. The van der Waals surface area contributed by atoms with E-state index in [1.807, 2.05) is 11.3 Å². The van der Waals surface area contributed by atoms with Gasteiger partial charge in [0.15, 0.2) is 0 Å². The maximum atomic E-state index is 2.54. The summed E-state index contributed by atoms with van der Waals surface area (Å²) in [5, 5.41) is 2.22. The van der Waals surface area contributed by atoms with Crippen LogP contribution >= 0.6 is 11.3 Å². The average molecular weight is 263 g/mol. The molecule has 18 heavy (non-hydrogen) atoms. The lowest BCUT2D eigenvalue weighted by atomic mass is 9.87. The molecule has 0 N–H and O–H groups in total. The topological polar surface area (TPSA) is 3.24 Å². The molecule has 1 aliphatic carbocycles. The molecule has 1 aliphatic rings. The van der Waals surface area contributed by atoms with Crippen molar-refractivity contribution >= 4 is 11.3 Å². The van der Waals surface area contributed by atoms with Gasteiger partial charge in [-0.05, 0) is 56.3 Å². The Hall–Kier alpha value is -0.600. The van der Waals surface area contributed by atoms with E-state index >= 15 is 0 Å². The molecule has 0 fully saturated rings. The smallest absolute Gasteiger partial charge is 0.00825 e. The lowest BCUT2D eigenvalue weighted by Gasteiger charge is -2.25. The maximum absolute atomic E-state index is 2.54. The summed E-state index contributed by atoms with van der Waals surface area (Å²) in [5.41, 5.74) is 0. The van der Waals surface area contributed by atoms with E-state index in [9.17, 15) is 0 Å². The first kappa shape index (κ1) is 13.8. The van der Waals surface area contributed by atoms with E-state index in [-0.39, 0.29) is 0 Å². The number of allylic oxidation sites excluding steroid dienone is 2. The van der Waals surface area contributed by atoms with Crippen LogP contribution in [0.15, 0.2) is 29.7 Å². The van der Waals surface area contributed by atoms with Crippen molar-refractivity contribution in [3.05, 3.63) is 34.5 Å². The molecule has 0 aromatic carbocycles. The summed E-state index contributed by atoms with van der Waals surface area (Å²) in [6.45, 7) is 8.11. The van der Waals surface area contributed by atoms with Gasteiger partial charge in [0.05, 0.1) is 0 Å². The normalized spacial score (nSPS) is 20.7. The Kier molecular flexibility index (Phi) is 5.45. The second kappa shape index (κ2) is 7.10. The molecule has 2 atom stereocenters. The van der Waals surface area contributed by atoms with Crippen LogP contribution in [0.2, 0.25) is 0 Å². The molecule has 2 heteroatoms. The maximum Gasteiger partial charge on any atom is 0.00825 e. The fourth-order valence-corrected chi connectivity index (χ4v) is 3.86. The summed E-state index contributed by atoms with van der Waals surface area (Å²) in [7, 11) is 0. The highest BCUT2D eigenvalue weighted by Crippen LogP contribution is 2.37. The molecule has 2 rings (SSSR count). The van der Waals surface area contributed by atoms with Crippen LogP contribution in [-0.2, 0) is 0 Å². The van der Waals surface area contributed by atoms with Crippen molar-refractivity contribution in [2.45, 2.75) is 39.0 Å². The molecule has 1 aromatic heterocycles. The Bertz CT molecular complexity index is 351. The van der Waals surface area contributed by atoms with Crippen LogP contribution in [0.3, 0.4) is 0 Å². The Morgan fingerprint density at radius 3 is 2.78 bits per heavy atom. The van der Waals surface area contributed by atoms with Crippen LogP contribution in [0.1, 0.15) is 43.9 Å². The molecule has 0 saturated carbocycles. The minimum atomic E-state index is 0.740. The first-order chi connectivity index (χ1) is 8.85. The van der Waals surface area contributed by atoms with E-state index in [0.717, 1.165) is 11.8 Å². The Balaban J connectivity index is 1.99. The van der Waals surface area contributed by atoms with Gasteiger partial charge in [0.25, 0.3) is 0 Å². The van der Waals surface area contributed by atoms with Crippen molar-refractivity contribution in [2.75, 3.05) is 19.6 Å². The molecule has 1 aromatic rings. The molecule has 1 nitrogen and oxygen atoms in total. The average Bonchev–Trinajstić information content (AvgIpc) is 3.07. The van der Waals surface area contributed by atoms with Gasteiger partial charge in [0, 0.05) is 10.8 Å². The Morgan fingerprint density at radius 2 is 2.22 bits per heavy atom. The fraction of sp³-hybridized carbons (Fsp3) is 0.625. The highest BCUT2D eigenvalue weighted by Gasteiger charge is 2.24. The summed E-state index contributed by atoms with van der Waals surface area (Å²) in [6.07, 6.45) is 8.74. The van der Waals surface area contributed by atoms with Crippen LogP contribution in [0.4, 0.5) is 0 Å². The van der Waals surface area contributed by atoms with Crippen LogP contribution in [0, 0.1) is 5.92 Å². The van der Waals surface area contributed by atoms with Gasteiger partial charge in [-0.3, -0.25) is 0 Å². The molecule has 0 saturated heterocycles. The third kappa shape index (κ3) is 3.46.